The van der Waals surface area contributed by atoms with E-state index in [0.29, 0.717) is 29.7 Å². The van der Waals surface area contributed by atoms with E-state index in [-0.39, 0.29) is 5.56 Å². The molecule has 1 aliphatic carbocycles. The molecule has 1 aromatic rings. The maximum Gasteiger partial charge on any atom is 0.291 e. The standard InChI is InChI=1S/C13H21ClN4O/c1-2-5-15-6-7-16-12-11(14)8-17-18(13(12)19)9-10-3-4-10/h8,10,15-16H,2-7,9H2,1H3. The number of hydrogen-bond acceptors (Lipinski definition) is 4. The predicted molar refractivity (Wildman–Crippen MR) is 77.9 cm³/mol. The summed E-state index contributed by atoms with van der Waals surface area (Å²) < 4.78 is 1.52. The van der Waals surface area contributed by atoms with Crippen LogP contribution in [0.5, 0.6) is 0 Å². The van der Waals surface area contributed by atoms with E-state index in [0.717, 1.165) is 19.5 Å². The van der Waals surface area contributed by atoms with Crippen LogP contribution in [-0.2, 0) is 6.54 Å². The molecule has 19 heavy (non-hydrogen) atoms. The minimum atomic E-state index is -0.116. The summed E-state index contributed by atoms with van der Waals surface area (Å²) in [5.41, 5.74) is 0.352. The molecule has 0 radical (unpaired) electrons. The molecule has 0 aliphatic heterocycles. The normalized spacial score (nSPS) is 14.6. The lowest BCUT2D eigenvalue weighted by Gasteiger charge is -2.10. The van der Waals surface area contributed by atoms with Crippen molar-refractivity contribution in [3.63, 3.8) is 0 Å². The van der Waals surface area contributed by atoms with E-state index < -0.39 is 0 Å². The molecule has 6 heteroatoms. The van der Waals surface area contributed by atoms with Crippen LogP contribution in [0.25, 0.3) is 0 Å². The fourth-order valence-corrected chi connectivity index (χ4v) is 2.07. The van der Waals surface area contributed by atoms with Gasteiger partial charge in [-0.05, 0) is 31.7 Å². The molecule has 1 aliphatic rings. The molecule has 1 fully saturated rings. The van der Waals surface area contributed by atoms with E-state index in [1.54, 1.807) is 6.20 Å². The molecule has 0 aromatic carbocycles. The molecular formula is C13H21ClN4O. The van der Waals surface area contributed by atoms with E-state index in [4.69, 9.17) is 11.6 Å². The maximum atomic E-state index is 12.2. The first-order valence-electron chi connectivity index (χ1n) is 6.92. The van der Waals surface area contributed by atoms with Crippen LogP contribution >= 0.6 is 11.6 Å². The van der Waals surface area contributed by atoms with Crippen molar-refractivity contribution in [3.05, 3.63) is 21.6 Å². The minimum absolute atomic E-state index is 0.116. The van der Waals surface area contributed by atoms with Crippen LogP contribution in [0.1, 0.15) is 26.2 Å². The van der Waals surface area contributed by atoms with Crippen molar-refractivity contribution in [1.82, 2.24) is 15.1 Å². The molecule has 0 amide bonds. The Kier molecular flexibility index (Phi) is 5.22. The third kappa shape index (κ3) is 4.21. The van der Waals surface area contributed by atoms with Crippen molar-refractivity contribution in [3.8, 4) is 0 Å². The lowest BCUT2D eigenvalue weighted by atomic mass is 10.4. The summed E-state index contributed by atoms with van der Waals surface area (Å²) in [7, 11) is 0. The molecule has 2 N–H and O–H groups in total. The molecule has 1 saturated carbocycles. The van der Waals surface area contributed by atoms with Crippen LogP contribution in [0.3, 0.4) is 0 Å². The average molecular weight is 285 g/mol. The highest BCUT2D eigenvalue weighted by molar-refractivity contribution is 6.32. The summed E-state index contributed by atoms with van der Waals surface area (Å²) >= 11 is 6.04. The summed E-state index contributed by atoms with van der Waals surface area (Å²) in [5, 5.41) is 10.9. The topological polar surface area (TPSA) is 59.0 Å². The third-order valence-corrected chi connectivity index (χ3v) is 3.44. The Labute approximate surface area is 118 Å². The Morgan fingerprint density at radius 3 is 2.89 bits per heavy atom. The summed E-state index contributed by atoms with van der Waals surface area (Å²) in [4.78, 5) is 12.2. The highest BCUT2D eigenvalue weighted by Crippen LogP contribution is 2.30. The van der Waals surface area contributed by atoms with Crippen molar-refractivity contribution in [2.24, 2.45) is 5.92 Å². The zero-order valence-electron chi connectivity index (χ0n) is 11.3. The Morgan fingerprint density at radius 2 is 2.21 bits per heavy atom. The van der Waals surface area contributed by atoms with Gasteiger partial charge in [0.2, 0.25) is 0 Å². The lowest BCUT2D eigenvalue weighted by molar-refractivity contribution is 0.534. The fourth-order valence-electron chi connectivity index (χ4n) is 1.88. The molecule has 1 aromatic heterocycles. The van der Waals surface area contributed by atoms with Crippen molar-refractivity contribution >= 4 is 17.3 Å². The van der Waals surface area contributed by atoms with Crippen LogP contribution in [0.15, 0.2) is 11.0 Å². The van der Waals surface area contributed by atoms with E-state index >= 15 is 0 Å². The first-order chi connectivity index (χ1) is 9.22. The van der Waals surface area contributed by atoms with Crippen molar-refractivity contribution in [2.45, 2.75) is 32.7 Å². The van der Waals surface area contributed by atoms with E-state index in [2.05, 4.69) is 22.7 Å². The summed E-state index contributed by atoms with van der Waals surface area (Å²) in [6, 6.07) is 0. The quantitative estimate of drug-likeness (QED) is 0.714. The van der Waals surface area contributed by atoms with Gasteiger partial charge in [-0.15, -0.1) is 0 Å². The van der Waals surface area contributed by atoms with Gasteiger partial charge in [0, 0.05) is 19.6 Å². The van der Waals surface area contributed by atoms with Gasteiger partial charge in [-0.1, -0.05) is 18.5 Å². The third-order valence-electron chi connectivity index (χ3n) is 3.16. The van der Waals surface area contributed by atoms with Gasteiger partial charge in [-0.2, -0.15) is 5.10 Å². The molecule has 0 atom stereocenters. The second kappa shape index (κ2) is 6.91. The molecule has 0 saturated heterocycles. The van der Waals surface area contributed by atoms with Crippen molar-refractivity contribution in [2.75, 3.05) is 25.0 Å². The Balaban J connectivity index is 1.95. The number of nitrogens with zero attached hydrogens (tertiary/aromatic N) is 2. The Hall–Kier alpha value is -1.07. The molecule has 5 nitrogen and oxygen atoms in total. The monoisotopic (exact) mass is 284 g/mol. The van der Waals surface area contributed by atoms with Crippen LogP contribution in [0.4, 0.5) is 5.69 Å². The summed E-state index contributed by atoms with van der Waals surface area (Å²) in [6.45, 7) is 5.31. The molecule has 0 unspecified atom stereocenters. The molecule has 0 spiro atoms. The van der Waals surface area contributed by atoms with Crippen molar-refractivity contribution < 1.29 is 0 Å². The minimum Gasteiger partial charge on any atom is -0.378 e. The van der Waals surface area contributed by atoms with Gasteiger partial charge in [0.1, 0.15) is 5.69 Å². The van der Waals surface area contributed by atoms with Crippen LogP contribution < -0.4 is 16.2 Å². The predicted octanol–water partition coefficient (Wildman–Crippen LogP) is 1.72. The van der Waals surface area contributed by atoms with Gasteiger partial charge in [0.15, 0.2) is 0 Å². The highest BCUT2D eigenvalue weighted by atomic mass is 35.5. The van der Waals surface area contributed by atoms with E-state index in [1.165, 1.54) is 17.5 Å². The zero-order valence-corrected chi connectivity index (χ0v) is 12.0. The highest BCUT2D eigenvalue weighted by Gasteiger charge is 2.23. The maximum absolute atomic E-state index is 12.2. The Morgan fingerprint density at radius 1 is 1.42 bits per heavy atom. The van der Waals surface area contributed by atoms with Gasteiger partial charge in [-0.3, -0.25) is 4.79 Å². The number of aromatic nitrogens is 2. The molecule has 106 valence electrons. The number of hydrogen-bond donors (Lipinski definition) is 2. The summed E-state index contributed by atoms with van der Waals surface area (Å²) in [5.74, 6) is 0.616. The second-order valence-electron chi connectivity index (χ2n) is 4.97. The first kappa shape index (κ1) is 14.3. The second-order valence-corrected chi connectivity index (χ2v) is 5.38. The van der Waals surface area contributed by atoms with Crippen LogP contribution in [0, 0.1) is 5.92 Å². The van der Waals surface area contributed by atoms with Crippen molar-refractivity contribution in [1.29, 1.82) is 0 Å². The SMILES string of the molecule is CCCNCCNc1c(Cl)cnn(CC2CC2)c1=O. The van der Waals surface area contributed by atoms with Crippen LogP contribution in [-0.4, -0.2) is 29.4 Å². The zero-order chi connectivity index (χ0) is 13.7. The number of halogens is 1. The fraction of sp³-hybridized carbons (Fsp3) is 0.692. The summed E-state index contributed by atoms with van der Waals surface area (Å²) in [6.07, 6.45) is 5.04. The number of nitrogens with one attached hydrogen (secondary N) is 2. The first-order valence-corrected chi connectivity index (χ1v) is 7.30. The molecule has 2 rings (SSSR count). The molecule has 0 bridgehead atoms. The smallest absolute Gasteiger partial charge is 0.291 e. The average Bonchev–Trinajstić information content (AvgIpc) is 3.20. The van der Waals surface area contributed by atoms with Gasteiger partial charge in [0.05, 0.1) is 11.2 Å². The van der Waals surface area contributed by atoms with E-state index in [9.17, 15) is 4.79 Å². The van der Waals surface area contributed by atoms with E-state index in [1.807, 2.05) is 0 Å². The molecular weight excluding hydrogens is 264 g/mol. The van der Waals surface area contributed by atoms with Gasteiger partial charge in [-0.25, -0.2) is 4.68 Å². The van der Waals surface area contributed by atoms with Gasteiger partial charge in [0.25, 0.3) is 5.56 Å². The largest absolute Gasteiger partial charge is 0.378 e. The Bertz CT molecular complexity index is 470. The lowest BCUT2D eigenvalue weighted by Crippen LogP contribution is -2.29. The van der Waals surface area contributed by atoms with Crippen LogP contribution in [0.2, 0.25) is 5.02 Å². The molecule has 1 heterocycles. The van der Waals surface area contributed by atoms with Gasteiger partial charge < -0.3 is 10.6 Å². The number of rotatable bonds is 8. The number of anilines is 1. The van der Waals surface area contributed by atoms with Gasteiger partial charge >= 0.3 is 0 Å².